The molecule has 0 unspecified atom stereocenters. The van der Waals surface area contributed by atoms with Gasteiger partial charge in [-0.2, -0.15) is 0 Å². The minimum Gasteiger partial charge on any atom is -0.455 e. The van der Waals surface area contributed by atoms with E-state index in [1.807, 2.05) is 24.5 Å². The number of hydrogen-bond acceptors (Lipinski definition) is 5. The van der Waals surface area contributed by atoms with Gasteiger partial charge in [0.15, 0.2) is 5.82 Å². The maximum absolute atomic E-state index is 6.71. The van der Waals surface area contributed by atoms with Gasteiger partial charge in [0, 0.05) is 44.2 Å². The van der Waals surface area contributed by atoms with Crippen molar-refractivity contribution < 1.29 is 4.42 Å². The maximum atomic E-state index is 6.71. The molecule has 4 heterocycles. The van der Waals surface area contributed by atoms with Gasteiger partial charge < -0.3 is 4.42 Å². The fourth-order valence-electron chi connectivity index (χ4n) is 9.00. The van der Waals surface area contributed by atoms with Crippen LogP contribution in [0, 0.1) is 0 Å². The fraction of sp³-hybridized carbons (Fsp3) is 0.133. The SMILES string of the molecule is c1ccc2c(c1)-c1c(-c3ccc4oc5c(-c6nc(-c7ccncc7)c7sc8ccccc8c7n6)cccc5c4c3)cccc1C21CCCCC1. The molecule has 0 saturated heterocycles. The van der Waals surface area contributed by atoms with Gasteiger partial charge in [-0.3, -0.25) is 4.98 Å². The third kappa shape index (κ3) is 3.95. The zero-order valence-corrected chi connectivity index (χ0v) is 28.1. The Labute approximate surface area is 293 Å². The normalized spacial score (nSPS) is 15.0. The summed E-state index contributed by atoms with van der Waals surface area (Å²) in [5.74, 6) is 0.660. The lowest BCUT2D eigenvalue weighted by Crippen LogP contribution is -2.27. The molecule has 0 atom stereocenters. The summed E-state index contributed by atoms with van der Waals surface area (Å²) in [6.07, 6.45) is 10.0. The predicted molar refractivity (Wildman–Crippen MR) is 206 cm³/mol. The minimum atomic E-state index is 0.130. The number of para-hydroxylation sites is 1. The van der Waals surface area contributed by atoms with E-state index in [0.29, 0.717) is 5.82 Å². The number of nitrogens with zero attached hydrogens (tertiary/aromatic N) is 3. The highest BCUT2D eigenvalue weighted by Crippen LogP contribution is 2.58. The second-order valence-corrected chi connectivity index (χ2v) is 14.9. The molecule has 5 heteroatoms. The van der Waals surface area contributed by atoms with Crippen molar-refractivity contribution >= 4 is 53.6 Å². The molecule has 238 valence electrons. The number of hydrogen-bond donors (Lipinski definition) is 0. The van der Waals surface area contributed by atoms with Crippen LogP contribution in [0.25, 0.3) is 87.1 Å². The van der Waals surface area contributed by atoms with E-state index in [1.165, 1.54) is 70.2 Å². The molecule has 0 N–H and O–H groups in total. The summed E-state index contributed by atoms with van der Waals surface area (Å²) in [5, 5.41) is 3.31. The molecule has 0 aliphatic heterocycles. The van der Waals surface area contributed by atoms with Crippen LogP contribution in [0.3, 0.4) is 0 Å². The Kier molecular flexibility index (Phi) is 6.02. The molecule has 50 heavy (non-hydrogen) atoms. The zero-order chi connectivity index (χ0) is 32.8. The van der Waals surface area contributed by atoms with Gasteiger partial charge >= 0.3 is 0 Å². The molecule has 2 aliphatic rings. The average Bonchev–Trinajstić information content (AvgIpc) is 3.83. The Balaban J connectivity index is 1.11. The van der Waals surface area contributed by atoms with Crippen LogP contribution >= 0.6 is 11.3 Å². The summed E-state index contributed by atoms with van der Waals surface area (Å²) < 4.78 is 8.98. The van der Waals surface area contributed by atoms with Crippen LogP contribution in [-0.4, -0.2) is 15.0 Å². The first-order chi connectivity index (χ1) is 24.8. The lowest BCUT2D eigenvalue weighted by molar-refractivity contribution is 0.353. The number of rotatable bonds is 3. The van der Waals surface area contributed by atoms with Crippen LogP contribution in [0.5, 0.6) is 0 Å². The molecule has 11 rings (SSSR count). The van der Waals surface area contributed by atoms with Crippen molar-refractivity contribution in [3.63, 3.8) is 0 Å². The lowest BCUT2D eigenvalue weighted by Gasteiger charge is -2.36. The van der Waals surface area contributed by atoms with Crippen LogP contribution in [0.2, 0.25) is 0 Å². The highest BCUT2D eigenvalue weighted by atomic mass is 32.1. The number of fused-ring (bicyclic) bond motifs is 11. The first kappa shape index (κ1) is 28.2. The standard InChI is InChI=1S/C45H31N3OS/c1-6-22-45(23-7-1)35-15-4-2-10-31(35)39-29(12-9-16-36(39)45)28-18-19-37-34(26-28)30-13-8-14-33(42(30)49-37)44-47-40(27-20-24-46-25-21-27)43-41(48-44)32-11-3-5-17-38(32)50-43/h2-5,8-21,24-26H,1,6-7,22-23H2. The quantitative estimate of drug-likeness (QED) is 0.189. The van der Waals surface area contributed by atoms with Crippen molar-refractivity contribution in [1.82, 2.24) is 15.0 Å². The van der Waals surface area contributed by atoms with Crippen molar-refractivity contribution in [2.45, 2.75) is 37.5 Å². The molecule has 4 aromatic heterocycles. The van der Waals surface area contributed by atoms with Crippen LogP contribution in [0.4, 0.5) is 0 Å². The molecule has 0 bridgehead atoms. The first-order valence-corrected chi connectivity index (χ1v) is 18.4. The lowest BCUT2D eigenvalue weighted by atomic mass is 9.68. The van der Waals surface area contributed by atoms with E-state index in [9.17, 15) is 0 Å². The highest BCUT2D eigenvalue weighted by molar-refractivity contribution is 7.26. The first-order valence-electron chi connectivity index (χ1n) is 17.6. The Hall–Kier alpha value is -5.65. The second-order valence-electron chi connectivity index (χ2n) is 13.8. The summed E-state index contributed by atoms with van der Waals surface area (Å²) in [7, 11) is 0. The molecule has 0 radical (unpaired) electrons. The molecular weight excluding hydrogens is 631 g/mol. The molecule has 0 amide bonds. The number of furan rings is 1. The molecular formula is C45H31N3OS. The van der Waals surface area contributed by atoms with Crippen LogP contribution in [0.15, 0.2) is 132 Å². The van der Waals surface area contributed by atoms with Crippen LogP contribution < -0.4 is 0 Å². The largest absolute Gasteiger partial charge is 0.455 e. The van der Waals surface area contributed by atoms with Gasteiger partial charge in [0.25, 0.3) is 0 Å². The van der Waals surface area contributed by atoms with Crippen LogP contribution in [0.1, 0.15) is 43.2 Å². The molecule has 1 saturated carbocycles. The molecule has 1 fully saturated rings. The van der Waals surface area contributed by atoms with Gasteiger partial charge in [0.1, 0.15) is 11.2 Å². The Morgan fingerprint density at radius 3 is 2.28 bits per heavy atom. The van der Waals surface area contributed by atoms with E-state index < -0.39 is 0 Å². The molecule has 4 nitrogen and oxygen atoms in total. The number of aromatic nitrogens is 3. The Bertz CT molecular complexity index is 2810. The van der Waals surface area contributed by atoms with Crippen molar-refractivity contribution in [2.24, 2.45) is 0 Å². The van der Waals surface area contributed by atoms with Crippen molar-refractivity contribution in [1.29, 1.82) is 0 Å². The summed E-state index contributed by atoms with van der Waals surface area (Å²) in [6, 6.07) is 41.7. The van der Waals surface area contributed by atoms with Crippen molar-refractivity contribution in [3.8, 4) is 44.9 Å². The van der Waals surface area contributed by atoms with E-state index in [0.717, 1.165) is 54.4 Å². The molecule has 9 aromatic rings. The van der Waals surface area contributed by atoms with Crippen molar-refractivity contribution in [2.75, 3.05) is 0 Å². The molecule has 2 aliphatic carbocycles. The number of thiophene rings is 1. The van der Waals surface area contributed by atoms with Gasteiger partial charge in [0.05, 0.1) is 21.5 Å². The minimum absolute atomic E-state index is 0.130. The number of benzene rings is 5. The zero-order valence-electron chi connectivity index (χ0n) is 27.3. The van der Waals surface area contributed by atoms with E-state index in [-0.39, 0.29) is 5.41 Å². The topological polar surface area (TPSA) is 51.8 Å². The smallest absolute Gasteiger partial charge is 0.164 e. The van der Waals surface area contributed by atoms with Gasteiger partial charge in [0.2, 0.25) is 0 Å². The third-order valence-corrected chi connectivity index (χ3v) is 12.4. The fourth-order valence-corrected chi connectivity index (χ4v) is 10.2. The van der Waals surface area contributed by atoms with Gasteiger partial charge in [-0.1, -0.05) is 98.1 Å². The molecule has 5 aromatic carbocycles. The summed E-state index contributed by atoms with van der Waals surface area (Å²) in [4.78, 5) is 14.7. The molecule has 1 spiro atoms. The van der Waals surface area contributed by atoms with E-state index in [4.69, 9.17) is 14.4 Å². The van der Waals surface area contributed by atoms with E-state index >= 15 is 0 Å². The Morgan fingerprint density at radius 1 is 0.600 bits per heavy atom. The second kappa shape index (κ2) is 10.7. The maximum Gasteiger partial charge on any atom is 0.164 e. The highest BCUT2D eigenvalue weighted by Gasteiger charge is 2.44. The summed E-state index contributed by atoms with van der Waals surface area (Å²) >= 11 is 1.74. The average molecular weight is 662 g/mol. The monoisotopic (exact) mass is 661 g/mol. The van der Waals surface area contributed by atoms with Gasteiger partial charge in [-0.05, 0) is 82.6 Å². The van der Waals surface area contributed by atoms with Gasteiger partial charge in [-0.25, -0.2) is 9.97 Å². The van der Waals surface area contributed by atoms with Gasteiger partial charge in [-0.15, -0.1) is 11.3 Å². The summed E-state index contributed by atoms with van der Waals surface area (Å²) in [6.45, 7) is 0. The van der Waals surface area contributed by atoms with E-state index in [1.54, 1.807) is 11.3 Å². The van der Waals surface area contributed by atoms with Crippen molar-refractivity contribution in [3.05, 3.63) is 139 Å². The summed E-state index contributed by atoms with van der Waals surface area (Å²) in [5.41, 5.74) is 13.9. The van der Waals surface area contributed by atoms with E-state index in [2.05, 4.69) is 108 Å². The predicted octanol–water partition coefficient (Wildman–Crippen LogP) is 12.4. The number of pyridine rings is 1. The van der Waals surface area contributed by atoms with Crippen LogP contribution in [-0.2, 0) is 5.41 Å². The Morgan fingerprint density at radius 2 is 1.36 bits per heavy atom. The third-order valence-electron chi connectivity index (χ3n) is 11.2.